The molecule has 0 fully saturated rings. The quantitative estimate of drug-likeness (QED) is 0.879. The van der Waals surface area contributed by atoms with Gasteiger partial charge in [0, 0.05) is 0 Å². The number of alkyl carbamates (subject to hydrolysis) is 1. The number of alkyl halides is 3. The monoisotopic (exact) mass is 237 g/mol. The van der Waals surface area contributed by atoms with Gasteiger partial charge in [-0.15, -0.1) is 0 Å². The van der Waals surface area contributed by atoms with E-state index in [0.717, 1.165) is 0 Å². The van der Waals surface area contributed by atoms with Crippen molar-refractivity contribution < 1.29 is 27.1 Å². The van der Waals surface area contributed by atoms with Gasteiger partial charge in [-0.25, -0.2) is 4.79 Å². The van der Waals surface area contributed by atoms with Crippen LogP contribution in [0, 0.1) is 0 Å². The number of ether oxygens (including phenoxy) is 1. The van der Waals surface area contributed by atoms with Crippen LogP contribution < -0.4 is 5.32 Å². The van der Waals surface area contributed by atoms with E-state index in [0.29, 0.717) is 5.76 Å². The van der Waals surface area contributed by atoms with Crippen molar-refractivity contribution in [3.05, 3.63) is 24.2 Å². The fourth-order valence-corrected chi connectivity index (χ4v) is 0.975. The summed E-state index contributed by atoms with van der Waals surface area (Å²) in [4.78, 5) is 10.9. The van der Waals surface area contributed by atoms with E-state index in [-0.39, 0.29) is 0 Å². The number of furan rings is 1. The zero-order valence-corrected chi connectivity index (χ0v) is 8.38. The second kappa shape index (κ2) is 4.91. The van der Waals surface area contributed by atoms with E-state index in [1.807, 2.05) is 0 Å². The SMILES string of the molecule is C[C@@H](NC(=O)OCC(F)(F)F)c1ccco1. The Morgan fingerprint density at radius 2 is 2.31 bits per heavy atom. The highest BCUT2D eigenvalue weighted by molar-refractivity contribution is 5.67. The van der Waals surface area contributed by atoms with Gasteiger partial charge in [0.25, 0.3) is 0 Å². The molecule has 0 aliphatic heterocycles. The zero-order chi connectivity index (χ0) is 12.2. The molecule has 1 N–H and O–H groups in total. The molecule has 0 saturated carbocycles. The van der Waals surface area contributed by atoms with E-state index in [9.17, 15) is 18.0 Å². The average molecular weight is 237 g/mol. The second-order valence-corrected chi connectivity index (χ2v) is 3.07. The summed E-state index contributed by atoms with van der Waals surface area (Å²) in [6.45, 7) is -0.0443. The first-order chi connectivity index (χ1) is 7.38. The highest BCUT2D eigenvalue weighted by Gasteiger charge is 2.29. The first kappa shape index (κ1) is 12.4. The van der Waals surface area contributed by atoms with E-state index in [1.165, 1.54) is 6.26 Å². The highest BCUT2D eigenvalue weighted by Crippen LogP contribution is 2.15. The molecule has 1 amide bonds. The number of rotatable bonds is 3. The molecule has 0 unspecified atom stereocenters. The maximum atomic E-state index is 11.7. The smallest absolute Gasteiger partial charge is 0.422 e. The van der Waals surface area contributed by atoms with Crippen LogP contribution in [0.15, 0.2) is 22.8 Å². The third-order valence-electron chi connectivity index (χ3n) is 1.67. The molecule has 4 nitrogen and oxygen atoms in total. The summed E-state index contributed by atoms with van der Waals surface area (Å²) in [5.41, 5.74) is 0. The number of hydrogen-bond donors (Lipinski definition) is 1. The van der Waals surface area contributed by atoms with Gasteiger partial charge < -0.3 is 14.5 Å². The largest absolute Gasteiger partial charge is 0.467 e. The van der Waals surface area contributed by atoms with Crippen molar-refractivity contribution in [3.63, 3.8) is 0 Å². The molecule has 0 radical (unpaired) electrons. The van der Waals surface area contributed by atoms with Crippen molar-refractivity contribution >= 4 is 6.09 Å². The number of carbonyl (C=O) groups is 1. The van der Waals surface area contributed by atoms with Crippen LogP contribution in [0.2, 0.25) is 0 Å². The summed E-state index contributed by atoms with van der Waals surface area (Å²) in [5, 5.41) is 2.20. The standard InChI is InChI=1S/C9H10F3NO3/c1-6(7-3-2-4-15-7)13-8(14)16-5-9(10,11)12/h2-4,6H,5H2,1H3,(H,13,14)/t6-/m1/s1. The summed E-state index contributed by atoms with van der Waals surface area (Å²) in [6.07, 6.45) is -4.26. The maximum absolute atomic E-state index is 11.7. The minimum absolute atomic E-state index is 0.434. The maximum Gasteiger partial charge on any atom is 0.422 e. The molecule has 0 aromatic carbocycles. The molecule has 90 valence electrons. The third kappa shape index (κ3) is 4.24. The van der Waals surface area contributed by atoms with Crippen LogP contribution in [-0.2, 0) is 4.74 Å². The van der Waals surface area contributed by atoms with Crippen LogP contribution in [-0.4, -0.2) is 18.9 Å². The van der Waals surface area contributed by atoms with Gasteiger partial charge >= 0.3 is 12.3 Å². The van der Waals surface area contributed by atoms with Crippen LogP contribution in [0.4, 0.5) is 18.0 Å². The Kier molecular flexibility index (Phi) is 3.81. The van der Waals surface area contributed by atoms with Gasteiger partial charge in [-0.3, -0.25) is 0 Å². The Hall–Kier alpha value is -1.66. The van der Waals surface area contributed by atoms with Crippen molar-refractivity contribution in [2.24, 2.45) is 0 Å². The predicted octanol–water partition coefficient (Wildman–Crippen LogP) is 2.63. The average Bonchev–Trinajstić information content (AvgIpc) is 2.66. The Balaban J connectivity index is 2.35. The van der Waals surface area contributed by atoms with Crippen molar-refractivity contribution in [1.82, 2.24) is 5.32 Å². The lowest BCUT2D eigenvalue weighted by Gasteiger charge is -2.12. The zero-order valence-electron chi connectivity index (χ0n) is 8.38. The van der Waals surface area contributed by atoms with E-state index in [2.05, 4.69) is 10.1 Å². The minimum atomic E-state index is -4.52. The van der Waals surface area contributed by atoms with Crippen molar-refractivity contribution in [3.8, 4) is 0 Å². The van der Waals surface area contributed by atoms with Crippen LogP contribution in [0.3, 0.4) is 0 Å². The van der Waals surface area contributed by atoms with Gasteiger partial charge in [-0.1, -0.05) is 0 Å². The lowest BCUT2D eigenvalue weighted by atomic mass is 10.3. The Labute approximate surface area is 89.4 Å². The van der Waals surface area contributed by atoms with Gasteiger partial charge in [-0.05, 0) is 19.1 Å². The molecule has 1 heterocycles. The predicted molar refractivity (Wildman–Crippen MR) is 47.7 cm³/mol. The van der Waals surface area contributed by atoms with Crippen LogP contribution in [0.1, 0.15) is 18.7 Å². The van der Waals surface area contributed by atoms with Gasteiger partial charge in [0.05, 0.1) is 12.3 Å². The Bertz CT molecular complexity index is 334. The lowest BCUT2D eigenvalue weighted by molar-refractivity contribution is -0.160. The van der Waals surface area contributed by atoms with Crippen LogP contribution in [0.25, 0.3) is 0 Å². The summed E-state index contributed by atoms with van der Waals surface area (Å²) >= 11 is 0. The Morgan fingerprint density at radius 1 is 1.62 bits per heavy atom. The molecular weight excluding hydrogens is 227 g/mol. The van der Waals surface area contributed by atoms with Gasteiger partial charge in [-0.2, -0.15) is 13.2 Å². The molecule has 0 spiro atoms. The van der Waals surface area contributed by atoms with E-state index in [4.69, 9.17) is 4.42 Å². The van der Waals surface area contributed by atoms with Gasteiger partial charge in [0.1, 0.15) is 5.76 Å². The topological polar surface area (TPSA) is 51.5 Å². The van der Waals surface area contributed by atoms with Crippen LogP contribution in [0.5, 0.6) is 0 Å². The molecule has 1 atom stereocenters. The Morgan fingerprint density at radius 3 is 2.81 bits per heavy atom. The third-order valence-corrected chi connectivity index (χ3v) is 1.67. The van der Waals surface area contributed by atoms with E-state index < -0.39 is 24.9 Å². The lowest BCUT2D eigenvalue weighted by Crippen LogP contribution is -2.30. The van der Waals surface area contributed by atoms with Gasteiger partial charge in [0.15, 0.2) is 6.61 Å². The molecule has 0 saturated heterocycles. The normalized spacial score (nSPS) is 13.2. The fraction of sp³-hybridized carbons (Fsp3) is 0.444. The number of hydrogen-bond acceptors (Lipinski definition) is 3. The van der Waals surface area contributed by atoms with Crippen molar-refractivity contribution in [2.75, 3.05) is 6.61 Å². The summed E-state index contributed by atoms with van der Waals surface area (Å²) in [5.74, 6) is 0.434. The molecule has 0 aliphatic carbocycles. The highest BCUT2D eigenvalue weighted by atomic mass is 19.4. The van der Waals surface area contributed by atoms with Crippen LogP contribution >= 0.6 is 0 Å². The minimum Gasteiger partial charge on any atom is -0.467 e. The number of carbonyl (C=O) groups excluding carboxylic acids is 1. The van der Waals surface area contributed by atoms with Gasteiger partial charge in [0.2, 0.25) is 0 Å². The fourth-order valence-electron chi connectivity index (χ4n) is 0.975. The first-order valence-corrected chi connectivity index (χ1v) is 4.42. The van der Waals surface area contributed by atoms with E-state index in [1.54, 1.807) is 19.1 Å². The van der Waals surface area contributed by atoms with Crippen molar-refractivity contribution in [1.29, 1.82) is 0 Å². The molecule has 1 aromatic rings. The molecule has 1 aromatic heterocycles. The molecular formula is C9H10F3NO3. The molecule has 0 aliphatic rings. The van der Waals surface area contributed by atoms with E-state index >= 15 is 0 Å². The molecule has 1 rings (SSSR count). The number of halogens is 3. The first-order valence-electron chi connectivity index (χ1n) is 4.42. The summed E-state index contributed by atoms with van der Waals surface area (Å²) < 4.78 is 44.0. The molecule has 7 heteroatoms. The molecule has 16 heavy (non-hydrogen) atoms. The summed E-state index contributed by atoms with van der Waals surface area (Å²) in [6, 6.07) is 2.65. The molecule has 0 bridgehead atoms. The number of nitrogens with one attached hydrogen (secondary N) is 1. The second-order valence-electron chi connectivity index (χ2n) is 3.07. The summed E-state index contributed by atoms with van der Waals surface area (Å²) in [7, 11) is 0. The number of amides is 1. The van der Waals surface area contributed by atoms with Crippen molar-refractivity contribution in [2.45, 2.75) is 19.1 Å².